The standard InChI is InChI=1S/C14H16BrN/c15-9-5-7-13-6-4-8-14(12-13)16-10-2-1-3-11-16/h4,6,8,12H,1-3,9-11H2. The highest BCUT2D eigenvalue weighted by molar-refractivity contribution is 9.09. The maximum absolute atomic E-state index is 3.32. The summed E-state index contributed by atoms with van der Waals surface area (Å²) in [7, 11) is 0. The summed E-state index contributed by atoms with van der Waals surface area (Å²) in [6.45, 7) is 2.38. The van der Waals surface area contributed by atoms with Gasteiger partial charge in [-0.05, 0) is 37.5 Å². The molecule has 16 heavy (non-hydrogen) atoms. The summed E-state index contributed by atoms with van der Waals surface area (Å²) in [5.74, 6) is 6.19. The molecular weight excluding hydrogens is 262 g/mol. The van der Waals surface area contributed by atoms with Gasteiger partial charge in [-0.3, -0.25) is 0 Å². The molecule has 0 N–H and O–H groups in total. The Kier molecular flexibility index (Phi) is 4.30. The minimum absolute atomic E-state index is 0.737. The van der Waals surface area contributed by atoms with Crippen molar-refractivity contribution in [3.63, 3.8) is 0 Å². The average Bonchev–Trinajstić information content (AvgIpc) is 2.38. The second-order valence-corrected chi connectivity index (χ2v) is 4.59. The van der Waals surface area contributed by atoms with Gasteiger partial charge in [-0.1, -0.05) is 33.8 Å². The van der Waals surface area contributed by atoms with Crippen LogP contribution < -0.4 is 4.90 Å². The van der Waals surface area contributed by atoms with Gasteiger partial charge in [-0.15, -0.1) is 0 Å². The van der Waals surface area contributed by atoms with Crippen molar-refractivity contribution in [3.8, 4) is 11.8 Å². The van der Waals surface area contributed by atoms with Crippen molar-refractivity contribution in [1.29, 1.82) is 0 Å². The Morgan fingerprint density at radius 1 is 1.19 bits per heavy atom. The Morgan fingerprint density at radius 2 is 2.00 bits per heavy atom. The van der Waals surface area contributed by atoms with Gasteiger partial charge >= 0.3 is 0 Å². The van der Waals surface area contributed by atoms with Crippen LogP contribution in [-0.2, 0) is 0 Å². The Bertz CT molecular complexity index is 397. The fourth-order valence-corrected chi connectivity index (χ4v) is 2.21. The molecule has 2 rings (SSSR count). The number of benzene rings is 1. The largest absolute Gasteiger partial charge is 0.372 e. The SMILES string of the molecule is BrCC#Cc1cccc(N2CCCCC2)c1. The summed E-state index contributed by atoms with van der Waals surface area (Å²) >= 11 is 3.32. The molecule has 0 bridgehead atoms. The van der Waals surface area contributed by atoms with Crippen LogP contribution in [0.15, 0.2) is 24.3 Å². The minimum atomic E-state index is 0.737. The Labute approximate surface area is 106 Å². The zero-order valence-corrected chi connectivity index (χ0v) is 11.0. The molecule has 0 unspecified atom stereocenters. The van der Waals surface area contributed by atoms with Crippen molar-refractivity contribution in [3.05, 3.63) is 29.8 Å². The van der Waals surface area contributed by atoms with E-state index in [-0.39, 0.29) is 0 Å². The lowest BCUT2D eigenvalue weighted by molar-refractivity contribution is 0.578. The van der Waals surface area contributed by atoms with Gasteiger partial charge in [0, 0.05) is 24.3 Å². The van der Waals surface area contributed by atoms with E-state index in [0.29, 0.717) is 0 Å². The number of anilines is 1. The lowest BCUT2D eigenvalue weighted by atomic mass is 10.1. The molecule has 1 aliphatic rings. The van der Waals surface area contributed by atoms with Crippen LogP contribution in [0.5, 0.6) is 0 Å². The van der Waals surface area contributed by atoms with Crippen LogP contribution in [0, 0.1) is 11.8 Å². The molecular formula is C14H16BrN. The lowest BCUT2D eigenvalue weighted by Crippen LogP contribution is -2.29. The van der Waals surface area contributed by atoms with Crippen LogP contribution in [0.4, 0.5) is 5.69 Å². The molecule has 0 amide bonds. The number of halogens is 1. The maximum atomic E-state index is 3.32. The van der Waals surface area contributed by atoms with Crippen LogP contribution in [0.1, 0.15) is 24.8 Å². The van der Waals surface area contributed by atoms with E-state index in [9.17, 15) is 0 Å². The quantitative estimate of drug-likeness (QED) is 0.562. The topological polar surface area (TPSA) is 3.24 Å². The van der Waals surface area contributed by atoms with Crippen molar-refractivity contribution in [2.45, 2.75) is 19.3 Å². The Balaban J connectivity index is 2.14. The number of hydrogen-bond donors (Lipinski definition) is 0. The van der Waals surface area contributed by atoms with Gasteiger partial charge in [0.2, 0.25) is 0 Å². The third-order valence-electron chi connectivity index (χ3n) is 2.87. The Hall–Kier alpha value is -0.940. The van der Waals surface area contributed by atoms with Gasteiger partial charge < -0.3 is 4.90 Å². The molecule has 1 fully saturated rings. The van der Waals surface area contributed by atoms with E-state index in [4.69, 9.17) is 0 Å². The van der Waals surface area contributed by atoms with Crippen molar-refractivity contribution >= 4 is 21.6 Å². The van der Waals surface area contributed by atoms with E-state index in [0.717, 1.165) is 10.9 Å². The molecule has 0 atom stereocenters. The van der Waals surface area contributed by atoms with Crippen molar-refractivity contribution in [2.24, 2.45) is 0 Å². The van der Waals surface area contributed by atoms with Crippen LogP contribution in [-0.4, -0.2) is 18.4 Å². The first-order chi connectivity index (χ1) is 7.90. The third-order valence-corrected chi connectivity index (χ3v) is 3.15. The summed E-state index contributed by atoms with van der Waals surface area (Å²) in [6.07, 6.45) is 4.01. The van der Waals surface area contributed by atoms with Gasteiger partial charge in [-0.25, -0.2) is 0 Å². The fraction of sp³-hybridized carbons (Fsp3) is 0.429. The summed E-state index contributed by atoms with van der Waals surface area (Å²) in [5, 5.41) is 0.737. The molecule has 0 saturated carbocycles. The highest BCUT2D eigenvalue weighted by Crippen LogP contribution is 2.20. The molecule has 0 radical (unpaired) electrons. The number of piperidine rings is 1. The van der Waals surface area contributed by atoms with Crippen LogP contribution in [0.25, 0.3) is 0 Å². The summed E-state index contributed by atoms with van der Waals surface area (Å²) < 4.78 is 0. The third kappa shape index (κ3) is 3.02. The highest BCUT2D eigenvalue weighted by atomic mass is 79.9. The number of nitrogens with zero attached hydrogens (tertiary/aromatic N) is 1. The van der Waals surface area contributed by atoms with Gasteiger partial charge in [0.1, 0.15) is 0 Å². The lowest BCUT2D eigenvalue weighted by Gasteiger charge is -2.28. The van der Waals surface area contributed by atoms with E-state index < -0.39 is 0 Å². The first kappa shape index (κ1) is 11.5. The predicted molar refractivity (Wildman–Crippen MR) is 73.2 cm³/mol. The molecule has 1 saturated heterocycles. The monoisotopic (exact) mass is 277 g/mol. The average molecular weight is 278 g/mol. The number of rotatable bonds is 1. The van der Waals surface area contributed by atoms with Crippen molar-refractivity contribution in [1.82, 2.24) is 0 Å². The zero-order valence-electron chi connectivity index (χ0n) is 9.38. The molecule has 0 aromatic heterocycles. The highest BCUT2D eigenvalue weighted by Gasteiger charge is 2.10. The fourth-order valence-electron chi connectivity index (χ4n) is 2.07. The Morgan fingerprint density at radius 3 is 2.75 bits per heavy atom. The smallest absolute Gasteiger partial charge is 0.0649 e. The van der Waals surface area contributed by atoms with Crippen molar-refractivity contribution < 1.29 is 0 Å². The summed E-state index contributed by atoms with van der Waals surface area (Å²) in [6, 6.07) is 8.55. The van der Waals surface area contributed by atoms with Gasteiger partial charge in [0.25, 0.3) is 0 Å². The number of hydrogen-bond acceptors (Lipinski definition) is 1. The van der Waals surface area contributed by atoms with Crippen LogP contribution in [0.3, 0.4) is 0 Å². The zero-order chi connectivity index (χ0) is 11.2. The molecule has 1 aliphatic heterocycles. The first-order valence-electron chi connectivity index (χ1n) is 5.80. The van der Waals surface area contributed by atoms with E-state index in [1.165, 1.54) is 38.0 Å². The van der Waals surface area contributed by atoms with Crippen molar-refractivity contribution in [2.75, 3.05) is 23.3 Å². The normalized spacial score (nSPS) is 15.4. The van der Waals surface area contributed by atoms with Crippen LogP contribution in [0.2, 0.25) is 0 Å². The first-order valence-corrected chi connectivity index (χ1v) is 6.92. The molecule has 1 aromatic carbocycles. The van der Waals surface area contributed by atoms with E-state index in [1.807, 2.05) is 0 Å². The minimum Gasteiger partial charge on any atom is -0.372 e. The van der Waals surface area contributed by atoms with Crippen LogP contribution >= 0.6 is 15.9 Å². The van der Waals surface area contributed by atoms with Gasteiger partial charge in [-0.2, -0.15) is 0 Å². The summed E-state index contributed by atoms with van der Waals surface area (Å²) in [4.78, 5) is 2.46. The molecule has 1 nitrogen and oxygen atoms in total. The molecule has 2 heteroatoms. The second-order valence-electron chi connectivity index (χ2n) is 4.03. The van der Waals surface area contributed by atoms with E-state index >= 15 is 0 Å². The van der Waals surface area contributed by atoms with Gasteiger partial charge in [0.15, 0.2) is 0 Å². The number of alkyl halides is 1. The molecule has 0 spiro atoms. The predicted octanol–water partition coefficient (Wildman–Crippen LogP) is 3.42. The van der Waals surface area contributed by atoms with E-state index in [2.05, 4.69) is 56.9 Å². The van der Waals surface area contributed by atoms with E-state index in [1.54, 1.807) is 0 Å². The van der Waals surface area contributed by atoms with Gasteiger partial charge in [0.05, 0.1) is 5.33 Å². The molecule has 0 aliphatic carbocycles. The second kappa shape index (κ2) is 5.96. The maximum Gasteiger partial charge on any atom is 0.0649 e. The molecule has 84 valence electrons. The molecule has 1 aromatic rings. The molecule has 1 heterocycles. The summed E-state index contributed by atoms with van der Waals surface area (Å²) in [5.41, 5.74) is 2.43.